The van der Waals surface area contributed by atoms with Gasteiger partial charge in [0, 0.05) is 77.3 Å². The average molecular weight is 828 g/mol. The predicted molar refractivity (Wildman–Crippen MR) is 222 cm³/mol. The van der Waals surface area contributed by atoms with Gasteiger partial charge in [0.15, 0.2) is 0 Å². The Labute approximate surface area is 335 Å². The lowest BCUT2D eigenvalue weighted by Gasteiger charge is -2.34. The van der Waals surface area contributed by atoms with Gasteiger partial charge in [-0.3, -0.25) is 0 Å². The average Bonchev–Trinajstić information content (AvgIpc) is 3.76. The van der Waals surface area contributed by atoms with Crippen molar-refractivity contribution in [3.63, 3.8) is 0 Å². The molecule has 2 aliphatic rings. The molecule has 55 heavy (non-hydrogen) atoms. The topological polar surface area (TPSA) is 124 Å². The molecule has 0 spiro atoms. The number of halogens is 1. The SMILES string of the molecule is CC(C)(C)OC(=O)N1CCC[C@@H](c2nc3ccccc3[nH]2)C1.COCCCBr.COCCCn1c([C@@H]2CCCN(C(=O)OC(C)(C)C)C2)nc2ccccc21. The molecule has 2 amide bonds. The fraction of sp³-hybridized carbons (Fsp3) is 0.619. The van der Waals surface area contributed by atoms with E-state index in [9.17, 15) is 9.59 Å². The highest BCUT2D eigenvalue weighted by molar-refractivity contribution is 9.09. The molecule has 4 aromatic rings. The van der Waals surface area contributed by atoms with Gasteiger partial charge in [-0.05, 0) is 104 Å². The highest BCUT2D eigenvalue weighted by Crippen LogP contribution is 2.31. The number of amides is 2. The molecule has 1 N–H and O–H groups in total. The number of methoxy groups -OCH3 is 2. The highest BCUT2D eigenvalue weighted by atomic mass is 79.9. The van der Waals surface area contributed by atoms with E-state index in [0.717, 1.165) is 110 Å². The van der Waals surface area contributed by atoms with Crippen molar-refractivity contribution in [2.24, 2.45) is 0 Å². The first-order chi connectivity index (χ1) is 26.2. The molecule has 2 atom stereocenters. The Morgan fingerprint density at radius 3 is 1.87 bits per heavy atom. The lowest BCUT2D eigenvalue weighted by molar-refractivity contribution is 0.0185. The van der Waals surface area contributed by atoms with Gasteiger partial charge in [-0.15, -0.1) is 0 Å². The lowest BCUT2D eigenvalue weighted by atomic mass is 9.97. The van der Waals surface area contributed by atoms with Crippen LogP contribution >= 0.6 is 15.9 Å². The second-order valence-corrected chi connectivity index (χ2v) is 17.0. The number of imidazole rings is 2. The number of ether oxygens (including phenoxy) is 4. The van der Waals surface area contributed by atoms with Gasteiger partial charge in [-0.25, -0.2) is 19.6 Å². The van der Waals surface area contributed by atoms with Gasteiger partial charge in [-0.2, -0.15) is 0 Å². The molecule has 2 aromatic heterocycles. The number of H-pyrrole nitrogens is 1. The summed E-state index contributed by atoms with van der Waals surface area (Å²) >= 11 is 3.27. The Morgan fingerprint density at radius 1 is 0.764 bits per heavy atom. The molecule has 0 aliphatic carbocycles. The number of carbonyl (C=O) groups is 2. The van der Waals surface area contributed by atoms with Crippen molar-refractivity contribution in [3.8, 4) is 0 Å². The van der Waals surface area contributed by atoms with Crippen LogP contribution in [0.5, 0.6) is 0 Å². The first kappa shape index (κ1) is 44.0. The number of aryl methyl sites for hydroxylation is 1. The number of benzene rings is 2. The Bertz CT molecular complexity index is 1740. The number of rotatable bonds is 9. The van der Waals surface area contributed by atoms with Gasteiger partial charge in [-0.1, -0.05) is 40.2 Å². The van der Waals surface area contributed by atoms with Crippen LogP contribution < -0.4 is 0 Å². The van der Waals surface area contributed by atoms with Gasteiger partial charge >= 0.3 is 12.2 Å². The highest BCUT2D eigenvalue weighted by Gasteiger charge is 2.32. The largest absolute Gasteiger partial charge is 0.444 e. The quantitative estimate of drug-likeness (QED) is 0.131. The summed E-state index contributed by atoms with van der Waals surface area (Å²) < 4.78 is 23.3. The number of carbonyl (C=O) groups excluding carboxylic acids is 2. The molecule has 12 nitrogen and oxygen atoms in total. The van der Waals surface area contributed by atoms with Gasteiger partial charge in [0.25, 0.3) is 0 Å². The number of nitrogens with zero attached hydrogens (tertiary/aromatic N) is 5. The van der Waals surface area contributed by atoms with Crippen molar-refractivity contribution >= 4 is 50.2 Å². The molecule has 13 heteroatoms. The summed E-state index contributed by atoms with van der Waals surface area (Å²) in [5.41, 5.74) is 3.26. The molecule has 2 aliphatic heterocycles. The number of aromatic amines is 1. The summed E-state index contributed by atoms with van der Waals surface area (Å²) in [4.78, 5) is 41.4. The van der Waals surface area contributed by atoms with Crippen LogP contribution in [-0.4, -0.2) is 112 Å². The van der Waals surface area contributed by atoms with E-state index in [0.29, 0.717) is 13.1 Å². The molecule has 0 saturated carbocycles. The van der Waals surface area contributed by atoms with E-state index in [1.54, 1.807) is 19.1 Å². The number of aromatic nitrogens is 4. The van der Waals surface area contributed by atoms with E-state index in [2.05, 4.69) is 48.7 Å². The second-order valence-electron chi connectivity index (χ2n) is 16.2. The van der Waals surface area contributed by atoms with E-state index in [1.165, 1.54) is 0 Å². The van der Waals surface area contributed by atoms with E-state index in [-0.39, 0.29) is 24.0 Å². The minimum atomic E-state index is -0.475. The monoisotopic (exact) mass is 826 g/mol. The Balaban J connectivity index is 0.000000216. The summed E-state index contributed by atoms with van der Waals surface area (Å²) in [6, 6.07) is 16.3. The van der Waals surface area contributed by atoms with Crippen molar-refractivity contribution in [2.45, 2.75) is 110 Å². The fourth-order valence-corrected chi connectivity index (χ4v) is 6.97. The van der Waals surface area contributed by atoms with E-state index in [1.807, 2.05) is 76.8 Å². The standard InChI is InChI=1S/C21H31N3O3.C17H23N3O2.C4H9BrO/c1-21(2,3)27-20(25)23-12-7-9-16(15-23)19-22-17-10-5-6-11-18(17)24(19)13-8-14-26-4;1-17(2,3)22-16(21)20-10-6-7-12(11-20)15-18-13-8-4-5-9-14(13)19-15;1-6-4-2-3-5/h5-6,10-11,16H,7-9,12-15H2,1-4H3;4-5,8-9,12H,6-7,10-11H2,1-3H3,(H,18,19);2-4H2,1H3/t16-;12-;/m11./s1. The zero-order chi connectivity index (χ0) is 40.0. The smallest absolute Gasteiger partial charge is 0.410 e. The minimum Gasteiger partial charge on any atom is -0.444 e. The van der Waals surface area contributed by atoms with E-state index >= 15 is 0 Å². The molecule has 0 unspecified atom stereocenters. The molecular formula is C42H63BrN6O6. The zero-order valence-electron chi connectivity index (χ0n) is 34.2. The van der Waals surface area contributed by atoms with Gasteiger partial charge in [0.2, 0.25) is 0 Å². The van der Waals surface area contributed by atoms with Crippen LogP contribution in [-0.2, 0) is 25.5 Å². The number of hydrogen-bond donors (Lipinski definition) is 1. The molecule has 2 fully saturated rings. The van der Waals surface area contributed by atoms with Gasteiger partial charge in [0.05, 0.1) is 22.1 Å². The van der Waals surface area contributed by atoms with E-state index < -0.39 is 11.2 Å². The minimum absolute atomic E-state index is 0.223. The first-order valence-corrected chi connectivity index (χ1v) is 20.7. The summed E-state index contributed by atoms with van der Waals surface area (Å²) in [7, 11) is 3.44. The third kappa shape index (κ3) is 13.8. The summed E-state index contributed by atoms with van der Waals surface area (Å²) in [6.07, 6.45) is 5.60. The molecule has 6 rings (SSSR count). The van der Waals surface area contributed by atoms with Crippen molar-refractivity contribution < 1.29 is 28.5 Å². The van der Waals surface area contributed by atoms with Crippen molar-refractivity contribution in [1.29, 1.82) is 0 Å². The number of piperidine rings is 2. The molecule has 2 saturated heterocycles. The molecule has 304 valence electrons. The maximum Gasteiger partial charge on any atom is 0.410 e. The van der Waals surface area contributed by atoms with Crippen LogP contribution in [0, 0.1) is 0 Å². The van der Waals surface area contributed by atoms with Crippen LogP contribution in [0.15, 0.2) is 48.5 Å². The molecular weight excluding hydrogens is 764 g/mol. The normalized spacial score (nSPS) is 17.6. The zero-order valence-corrected chi connectivity index (χ0v) is 35.8. The molecule has 0 bridgehead atoms. The number of fused-ring (bicyclic) bond motifs is 2. The summed E-state index contributed by atoms with van der Waals surface area (Å²) in [6.45, 7) is 16.7. The number of likely N-dealkylation sites (tertiary alicyclic amines) is 2. The van der Waals surface area contributed by atoms with Crippen LogP contribution in [0.25, 0.3) is 22.1 Å². The van der Waals surface area contributed by atoms with Crippen LogP contribution in [0.1, 0.15) is 104 Å². The summed E-state index contributed by atoms with van der Waals surface area (Å²) in [5, 5.41) is 1.04. The number of nitrogens with one attached hydrogen (secondary N) is 1. The molecule has 4 heterocycles. The van der Waals surface area contributed by atoms with Crippen LogP contribution in [0.2, 0.25) is 0 Å². The lowest BCUT2D eigenvalue weighted by Crippen LogP contribution is -2.42. The third-order valence-corrected chi connectivity index (χ3v) is 9.76. The van der Waals surface area contributed by atoms with Crippen LogP contribution in [0.4, 0.5) is 9.59 Å². The molecule has 2 aromatic carbocycles. The second kappa shape index (κ2) is 21.0. The first-order valence-electron chi connectivity index (χ1n) is 19.6. The number of alkyl halides is 1. The maximum atomic E-state index is 12.5. The number of hydrogen-bond acceptors (Lipinski definition) is 8. The van der Waals surface area contributed by atoms with Crippen LogP contribution in [0.3, 0.4) is 0 Å². The maximum absolute atomic E-state index is 12.5. The van der Waals surface area contributed by atoms with E-state index in [4.69, 9.17) is 23.9 Å². The Morgan fingerprint density at radius 2 is 1.31 bits per heavy atom. The van der Waals surface area contributed by atoms with Crippen molar-refractivity contribution in [2.75, 3.05) is 58.9 Å². The third-order valence-electron chi connectivity index (χ3n) is 9.20. The van der Waals surface area contributed by atoms with Gasteiger partial charge < -0.3 is 38.3 Å². The predicted octanol–water partition coefficient (Wildman–Crippen LogP) is 9.28. The molecule has 0 radical (unpaired) electrons. The fourth-order valence-electron chi connectivity index (χ4n) is 6.75. The van der Waals surface area contributed by atoms with Gasteiger partial charge in [0.1, 0.15) is 22.9 Å². The van der Waals surface area contributed by atoms with Crippen molar-refractivity contribution in [1.82, 2.24) is 29.3 Å². The number of para-hydroxylation sites is 4. The Hall–Kier alpha value is -3.68. The Kier molecular flexibility index (Phi) is 16.8. The summed E-state index contributed by atoms with van der Waals surface area (Å²) in [5.74, 6) is 2.50. The van der Waals surface area contributed by atoms with Crippen molar-refractivity contribution in [3.05, 3.63) is 60.2 Å².